The SMILES string of the molecule is CCN(CC(N)c1ccc(C)c(C)c1)c1cccc(F)c1. The van der Waals surface area contributed by atoms with Crippen molar-refractivity contribution in [3.8, 4) is 0 Å². The van der Waals surface area contributed by atoms with Crippen LogP contribution < -0.4 is 10.6 Å². The van der Waals surface area contributed by atoms with Crippen molar-refractivity contribution in [3.63, 3.8) is 0 Å². The van der Waals surface area contributed by atoms with Crippen molar-refractivity contribution in [2.75, 3.05) is 18.0 Å². The summed E-state index contributed by atoms with van der Waals surface area (Å²) in [4.78, 5) is 2.10. The second-order valence-corrected chi connectivity index (χ2v) is 5.47. The summed E-state index contributed by atoms with van der Waals surface area (Å²) in [7, 11) is 0. The number of benzene rings is 2. The Morgan fingerprint density at radius 1 is 1.10 bits per heavy atom. The molecule has 2 aromatic carbocycles. The van der Waals surface area contributed by atoms with Crippen LogP contribution in [-0.4, -0.2) is 13.1 Å². The Kier molecular flexibility index (Phi) is 4.97. The van der Waals surface area contributed by atoms with Gasteiger partial charge in [0.15, 0.2) is 0 Å². The maximum absolute atomic E-state index is 13.4. The van der Waals surface area contributed by atoms with Crippen LogP contribution in [0, 0.1) is 19.7 Å². The first-order valence-corrected chi connectivity index (χ1v) is 7.34. The highest BCUT2D eigenvalue weighted by Crippen LogP contribution is 2.20. The maximum atomic E-state index is 13.4. The first-order chi connectivity index (χ1) is 10.0. The molecule has 2 aromatic rings. The highest BCUT2D eigenvalue weighted by atomic mass is 19.1. The first kappa shape index (κ1) is 15.5. The topological polar surface area (TPSA) is 29.3 Å². The lowest BCUT2D eigenvalue weighted by Crippen LogP contribution is -2.32. The smallest absolute Gasteiger partial charge is 0.125 e. The molecule has 0 aliphatic rings. The Hall–Kier alpha value is -1.87. The van der Waals surface area contributed by atoms with Crippen molar-refractivity contribution in [1.82, 2.24) is 0 Å². The molecular weight excluding hydrogens is 263 g/mol. The third-order valence-electron chi connectivity index (χ3n) is 3.93. The minimum atomic E-state index is -0.217. The fourth-order valence-electron chi connectivity index (χ4n) is 2.43. The van der Waals surface area contributed by atoms with E-state index in [1.54, 1.807) is 12.1 Å². The van der Waals surface area contributed by atoms with Gasteiger partial charge < -0.3 is 10.6 Å². The number of rotatable bonds is 5. The van der Waals surface area contributed by atoms with Gasteiger partial charge in [0.2, 0.25) is 0 Å². The van der Waals surface area contributed by atoms with Gasteiger partial charge in [-0.15, -0.1) is 0 Å². The van der Waals surface area contributed by atoms with Crippen LogP contribution in [-0.2, 0) is 0 Å². The van der Waals surface area contributed by atoms with Crippen molar-refractivity contribution in [2.45, 2.75) is 26.8 Å². The van der Waals surface area contributed by atoms with Gasteiger partial charge in [0.05, 0.1) is 0 Å². The van der Waals surface area contributed by atoms with Gasteiger partial charge in [-0.1, -0.05) is 24.3 Å². The molecule has 0 aliphatic carbocycles. The predicted molar refractivity (Wildman–Crippen MR) is 87.1 cm³/mol. The monoisotopic (exact) mass is 286 g/mol. The molecule has 0 bridgehead atoms. The Morgan fingerprint density at radius 2 is 1.86 bits per heavy atom. The maximum Gasteiger partial charge on any atom is 0.125 e. The van der Waals surface area contributed by atoms with Gasteiger partial charge >= 0.3 is 0 Å². The number of hydrogen-bond donors (Lipinski definition) is 1. The quantitative estimate of drug-likeness (QED) is 0.901. The number of hydrogen-bond acceptors (Lipinski definition) is 2. The molecule has 2 rings (SSSR count). The summed E-state index contributed by atoms with van der Waals surface area (Å²) in [5.41, 5.74) is 10.8. The van der Waals surface area contributed by atoms with Crippen LogP contribution in [0.3, 0.4) is 0 Å². The molecule has 2 N–H and O–H groups in total. The number of anilines is 1. The number of likely N-dealkylation sites (N-methyl/N-ethyl adjacent to an activating group) is 1. The molecule has 21 heavy (non-hydrogen) atoms. The lowest BCUT2D eigenvalue weighted by molar-refractivity contribution is 0.623. The molecular formula is C18H23FN2. The average Bonchev–Trinajstić information content (AvgIpc) is 2.47. The summed E-state index contributed by atoms with van der Waals surface area (Å²) in [6.07, 6.45) is 0. The predicted octanol–water partition coefficient (Wildman–Crippen LogP) is 3.97. The lowest BCUT2D eigenvalue weighted by Gasteiger charge is -2.27. The van der Waals surface area contributed by atoms with Crippen molar-refractivity contribution in [2.24, 2.45) is 5.73 Å². The van der Waals surface area contributed by atoms with Crippen LogP contribution in [0.25, 0.3) is 0 Å². The molecule has 0 aromatic heterocycles. The van der Waals surface area contributed by atoms with Crippen LogP contribution in [0.5, 0.6) is 0 Å². The zero-order chi connectivity index (χ0) is 15.4. The number of nitrogens with zero attached hydrogens (tertiary/aromatic N) is 1. The van der Waals surface area contributed by atoms with Crippen LogP contribution >= 0.6 is 0 Å². The van der Waals surface area contributed by atoms with Crippen molar-refractivity contribution < 1.29 is 4.39 Å². The van der Waals surface area contributed by atoms with E-state index in [9.17, 15) is 4.39 Å². The number of nitrogens with two attached hydrogens (primary N) is 1. The molecule has 1 atom stereocenters. The van der Waals surface area contributed by atoms with Crippen LogP contribution in [0.4, 0.5) is 10.1 Å². The molecule has 112 valence electrons. The van der Waals surface area contributed by atoms with Gasteiger partial charge in [-0.05, 0) is 55.7 Å². The standard InChI is InChI=1S/C18H23FN2/c1-4-21(17-7-5-6-16(19)11-17)12-18(20)15-9-8-13(2)14(3)10-15/h5-11,18H,4,12,20H2,1-3H3. The molecule has 0 fully saturated rings. The number of halogens is 1. The molecule has 2 nitrogen and oxygen atoms in total. The van der Waals surface area contributed by atoms with Crippen molar-refractivity contribution >= 4 is 5.69 Å². The van der Waals surface area contributed by atoms with E-state index in [0.29, 0.717) is 6.54 Å². The van der Waals surface area contributed by atoms with Gasteiger partial charge in [0.1, 0.15) is 5.82 Å². The summed E-state index contributed by atoms with van der Waals surface area (Å²) in [5.74, 6) is -0.217. The van der Waals surface area contributed by atoms with Gasteiger partial charge in [-0.3, -0.25) is 0 Å². The molecule has 0 saturated heterocycles. The van der Waals surface area contributed by atoms with Crippen LogP contribution in [0.2, 0.25) is 0 Å². The molecule has 3 heteroatoms. The highest BCUT2D eigenvalue weighted by Gasteiger charge is 2.13. The van der Waals surface area contributed by atoms with E-state index in [1.165, 1.54) is 17.2 Å². The van der Waals surface area contributed by atoms with Gasteiger partial charge in [0.25, 0.3) is 0 Å². The molecule has 0 heterocycles. The van der Waals surface area contributed by atoms with Gasteiger partial charge in [0, 0.05) is 24.8 Å². The molecule has 0 aliphatic heterocycles. The molecule has 0 spiro atoms. The number of aryl methyl sites for hydroxylation is 2. The third kappa shape index (κ3) is 3.82. The Labute approximate surface area is 126 Å². The van der Waals surface area contributed by atoms with Crippen LogP contribution in [0.1, 0.15) is 29.7 Å². The first-order valence-electron chi connectivity index (χ1n) is 7.34. The zero-order valence-corrected chi connectivity index (χ0v) is 12.9. The normalized spacial score (nSPS) is 12.2. The van der Waals surface area contributed by atoms with E-state index >= 15 is 0 Å². The molecule has 0 saturated carbocycles. The molecule has 0 amide bonds. The average molecular weight is 286 g/mol. The Balaban J connectivity index is 2.16. The van der Waals surface area contributed by atoms with E-state index in [4.69, 9.17) is 5.73 Å². The van der Waals surface area contributed by atoms with Crippen LogP contribution in [0.15, 0.2) is 42.5 Å². The van der Waals surface area contributed by atoms with E-state index in [1.807, 2.05) is 6.07 Å². The van der Waals surface area contributed by atoms with E-state index < -0.39 is 0 Å². The summed E-state index contributed by atoms with van der Waals surface area (Å²) < 4.78 is 13.4. The van der Waals surface area contributed by atoms with Gasteiger partial charge in [-0.2, -0.15) is 0 Å². The summed E-state index contributed by atoms with van der Waals surface area (Å²) in [5, 5.41) is 0. The summed E-state index contributed by atoms with van der Waals surface area (Å²) in [6.45, 7) is 7.70. The molecule has 0 radical (unpaired) electrons. The fraction of sp³-hybridized carbons (Fsp3) is 0.333. The third-order valence-corrected chi connectivity index (χ3v) is 3.93. The minimum absolute atomic E-state index is 0.0903. The Morgan fingerprint density at radius 3 is 2.48 bits per heavy atom. The van der Waals surface area contributed by atoms with Gasteiger partial charge in [-0.25, -0.2) is 4.39 Å². The fourth-order valence-corrected chi connectivity index (χ4v) is 2.43. The van der Waals surface area contributed by atoms with Crippen molar-refractivity contribution in [1.29, 1.82) is 0 Å². The highest BCUT2D eigenvalue weighted by molar-refractivity contribution is 5.47. The minimum Gasteiger partial charge on any atom is -0.370 e. The second kappa shape index (κ2) is 6.72. The summed E-state index contributed by atoms with van der Waals surface area (Å²) >= 11 is 0. The molecule has 1 unspecified atom stereocenters. The second-order valence-electron chi connectivity index (χ2n) is 5.47. The Bertz CT molecular complexity index is 610. The largest absolute Gasteiger partial charge is 0.370 e. The van der Waals surface area contributed by atoms with Crippen molar-refractivity contribution in [3.05, 3.63) is 65.0 Å². The zero-order valence-electron chi connectivity index (χ0n) is 12.9. The summed E-state index contributed by atoms with van der Waals surface area (Å²) in [6, 6.07) is 12.9. The van der Waals surface area contributed by atoms with E-state index in [2.05, 4.69) is 43.9 Å². The van der Waals surface area contributed by atoms with E-state index in [-0.39, 0.29) is 11.9 Å². The lowest BCUT2D eigenvalue weighted by atomic mass is 10.0. The van der Waals surface area contributed by atoms with E-state index in [0.717, 1.165) is 17.8 Å².